The van der Waals surface area contributed by atoms with E-state index in [0.29, 0.717) is 34.8 Å². The Balaban J connectivity index is 1.80. The first kappa shape index (κ1) is 18.2. The number of aryl methyl sites for hydroxylation is 2. The highest BCUT2D eigenvalue weighted by Gasteiger charge is 2.29. The summed E-state index contributed by atoms with van der Waals surface area (Å²) in [4.78, 5) is 7.14. The van der Waals surface area contributed by atoms with E-state index in [1.54, 1.807) is 10.9 Å². The normalized spacial score (nSPS) is 18.0. The van der Waals surface area contributed by atoms with Gasteiger partial charge in [-0.25, -0.2) is 4.98 Å². The second kappa shape index (κ2) is 6.90. The van der Waals surface area contributed by atoms with Crippen LogP contribution in [0.4, 0.5) is 5.82 Å². The number of H-pyrrole nitrogens is 1. The standard InChI is InChI=1S/C19H21N7O2S/c1-11-8-14(23-22-11)17-18-19(29(27)24-17)13(15-4-5-20-25(15)3)9-16(21-18)26-6-7-28-10-12(26)2/h4-5,8-9,12H,6-7,10H2,1-3H3,(H,22,23)/t12-,29?/m1/s1. The van der Waals surface area contributed by atoms with E-state index in [9.17, 15) is 4.55 Å². The monoisotopic (exact) mass is 411 g/mol. The first-order valence-corrected chi connectivity index (χ1v) is 10.5. The van der Waals surface area contributed by atoms with E-state index < -0.39 is 10.9 Å². The van der Waals surface area contributed by atoms with Crippen LogP contribution >= 0.6 is 10.9 Å². The van der Waals surface area contributed by atoms with Crippen LogP contribution in [0, 0.1) is 6.92 Å². The molecule has 0 spiro atoms. The number of aromatic amines is 1. The molecule has 0 saturated carbocycles. The molecule has 0 aliphatic carbocycles. The molecule has 9 nitrogen and oxygen atoms in total. The third-order valence-corrected chi connectivity index (χ3v) is 6.36. The summed E-state index contributed by atoms with van der Waals surface area (Å²) in [6.45, 7) is 6.05. The third kappa shape index (κ3) is 3.00. The Morgan fingerprint density at radius 3 is 2.90 bits per heavy atom. The van der Waals surface area contributed by atoms with Gasteiger partial charge >= 0.3 is 0 Å². The molecular formula is C19H21N7O2S. The van der Waals surface area contributed by atoms with Crippen LogP contribution in [-0.4, -0.2) is 59.7 Å². The van der Waals surface area contributed by atoms with Crippen molar-refractivity contribution in [3.63, 3.8) is 0 Å². The molecule has 150 valence electrons. The lowest BCUT2D eigenvalue weighted by molar-refractivity contribution is 0.0986. The van der Waals surface area contributed by atoms with Gasteiger partial charge in [-0.15, -0.1) is 0 Å². The molecule has 5 rings (SSSR count). The molecular weight excluding hydrogens is 390 g/mol. The summed E-state index contributed by atoms with van der Waals surface area (Å²) in [6, 6.07) is 5.99. The minimum Gasteiger partial charge on any atom is -0.568 e. The fourth-order valence-electron chi connectivity index (χ4n) is 3.79. The van der Waals surface area contributed by atoms with E-state index in [1.807, 2.05) is 32.2 Å². The number of fused-ring (bicyclic) bond motifs is 1. The number of anilines is 1. The van der Waals surface area contributed by atoms with Gasteiger partial charge in [-0.3, -0.25) is 9.78 Å². The van der Waals surface area contributed by atoms with Crippen LogP contribution in [0.3, 0.4) is 0 Å². The number of nitrogens with zero attached hydrogens (tertiary/aromatic N) is 6. The minimum absolute atomic E-state index is 0.190. The van der Waals surface area contributed by atoms with E-state index in [1.165, 1.54) is 0 Å². The van der Waals surface area contributed by atoms with Crippen molar-refractivity contribution in [1.82, 2.24) is 29.3 Å². The van der Waals surface area contributed by atoms with Crippen molar-refractivity contribution in [3.05, 3.63) is 30.1 Å². The summed E-state index contributed by atoms with van der Waals surface area (Å²) in [5.41, 5.74) is 4.45. The van der Waals surface area contributed by atoms with Crippen LogP contribution in [0.25, 0.3) is 32.9 Å². The quantitative estimate of drug-likeness (QED) is 0.516. The zero-order valence-electron chi connectivity index (χ0n) is 16.4. The lowest BCUT2D eigenvalue weighted by Crippen LogP contribution is -2.44. The van der Waals surface area contributed by atoms with Gasteiger partial charge in [0.05, 0.1) is 52.8 Å². The predicted molar refractivity (Wildman–Crippen MR) is 110 cm³/mol. The third-order valence-electron chi connectivity index (χ3n) is 5.25. The molecule has 1 fully saturated rings. The molecule has 0 aromatic carbocycles. The minimum atomic E-state index is -1.55. The maximum Gasteiger partial charge on any atom is 0.234 e. The topological polar surface area (TPSA) is 108 Å². The molecule has 10 heteroatoms. The highest BCUT2D eigenvalue weighted by molar-refractivity contribution is 7.27. The number of hydrogen-bond acceptors (Lipinski definition) is 7. The number of aromatic nitrogens is 6. The van der Waals surface area contributed by atoms with Crippen LogP contribution in [-0.2, 0) is 11.8 Å². The summed E-state index contributed by atoms with van der Waals surface area (Å²) in [5, 5.41) is 11.5. The number of ether oxygens (including phenoxy) is 1. The van der Waals surface area contributed by atoms with Crippen molar-refractivity contribution in [1.29, 1.82) is 0 Å². The number of hydrogen-bond donors (Lipinski definition) is 1. The fraction of sp³-hybridized carbons (Fsp3) is 0.368. The van der Waals surface area contributed by atoms with Crippen LogP contribution in [0.1, 0.15) is 12.6 Å². The van der Waals surface area contributed by atoms with Crippen molar-refractivity contribution in [2.75, 3.05) is 24.7 Å². The Bertz CT molecular complexity index is 1190. The van der Waals surface area contributed by atoms with Crippen LogP contribution in [0.15, 0.2) is 24.4 Å². The Hall–Kier alpha value is -2.82. The van der Waals surface area contributed by atoms with Crippen molar-refractivity contribution in [3.8, 4) is 22.6 Å². The lowest BCUT2D eigenvalue weighted by atomic mass is 10.1. The Morgan fingerprint density at radius 2 is 2.21 bits per heavy atom. The van der Waals surface area contributed by atoms with Gasteiger partial charge in [-0.05, 0) is 36.4 Å². The van der Waals surface area contributed by atoms with Gasteiger partial charge in [0, 0.05) is 19.8 Å². The van der Waals surface area contributed by atoms with Crippen LogP contribution < -0.4 is 4.90 Å². The SMILES string of the molecule is Cc1cc(-c2n[s+]([O-])c3c(-c4ccnn4C)cc(N4CCOC[C@H]4C)nc23)[nH]n1. The zero-order valence-corrected chi connectivity index (χ0v) is 17.2. The predicted octanol–water partition coefficient (Wildman–Crippen LogP) is 2.68. The smallest absolute Gasteiger partial charge is 0.234 e. The summed E-state index contributed by atoms with van der Waals surface area (Å²) >= 11 is 0. The van der Waals surface area contributed by atoms with Gasteiger partial charge in [0.1, 0.15) is 5.82 Å². The molecule has 29 heavy (non-hydrogen) atoms. The molecule has 5 heterocycles. The van der Waals surface area contributed by atoms with E-state index >= 15 is 0 Å². The van der Waals surface area contributed by atoms with Gasteiger partial charge in [0.25, 0.3) is 0 Å². The van der Waals surface area contributed by atoms with E-state index in [2.05, 4.69) is 31.5 Å². The average Bonchev–Trinajstić information content (AvgIpc) is 3.41. The van der Waals surface area contributed by atoms with Gasteiger partial charge < -0.3 is 14.2 Å². The molecule has 2 atom stereocenters. The molecule has 1 unspecified atom stereocenters. The van der Waals surface area contributed by atoms with Crippen LogP contribution in [0.2, 0.25) is 0 Å². The second-order valence-electron chi connectivity index (χ2n) is 7.28. The van der Waals surface area contributed by atoms with Gasteiger partial charge in [0.2, 0.25) is 4.70 Å². The van der Waals surface area contributed by atoms with Gasteiger partial charge in [-0.1, -0.05) is 0 Å². The average molecular weight is 411 g/mol. The van der Waals surface area contributed by atoms with E-state index in [-0.39, 0.29) is 6.04 Å². The lowest BCUT2D eigenvalue weighted by Gasteiger charge is -2.34. The number of nitrogens with one attached hydrogen (secondary N) is 1. The van der Waals surface area contributed by atoms with Crippen molar-refractivity contribution in [2.45, 2.75) is 19.9 Å². The Labute approximate surface area is 170 Å². The molecule has 1 saturated heterocycles. The molecule has 4 aromatic rings. The highest BCUT2D eigenvalue weighted by Crippen LogP contribution is 2.42. The zero-order chi connectivity index (χ0) is 20.1. The molecule has 0 bridgehead atoms. The van der Waals surface area contributed by atoms with Crippen LogP contribution in [0.5, 0.6) is 0 Å². The van der Waals surface area contributed by atoms with Crippen molar-refractivity contribution >= 4 is 27.0 Å². The number of rotatable bonds is 3. The Kier molecular flexibility index (Phi) is 4.34. The Morgan fingerprint density at radius 1 is 1.34 bits per heavy atom. The molecule has 1 N–H and O–H groups in total. The fourth-order valence-corrected chi connectivity index (χ4v) is 4.89. The molecule has 1 aliphatic heterocycles. The molecule has 0 amide bonds. The number of pyridine rings is 1. The molecule has 0 radical (unpaired) electrons. The molecule has 4 aromatic heterocycles. The largest absolute Gasteiger partial charge is 0.568 e. The summed E-state index contributed by atoms with van der Waals surface area (Å²) in [6.07, 6.45) is 1.73. The molecule has 1 aliphatic rings. The maximum atomic E-state index is 13.0. The number of morpholine rings is 1. The van der Waals surface area contributed by atoms with E-state index in [4.69, 9.17) is 9.72 Å². The second-order valence-corrected chi connectivity index (χ2v) is 8.36. The van der Waals surface area contributed by atoms with E-state index in [0.717, 1.165) is 29.3 Å². The van der Waals surface area contributed by atoms with Crippen molar-refractivity contribution in [2.24, 2.45) is 7.05 Å². The van der Waals surface area contributed by atoms with Gasteiger partial charge in [-0.2, -0.15) is 10.2 Å². The maximum absolute atomic E-state index is 13.0. The first-order valence-electron chi connectivity index (χ1n) is 9.44. The van der Waals surface area contributed by atoms with Gasteiger partial charge in [0.15, 0.2) is 11.2 Å². The first-order chi connectivity index (χ1) is 14.0. The highest BCUT2D eigenvalue weighted by atomic mass is 32.2. The summed E-state index contributed by atoms with van der Waals surface area (Å²) in [7, 11) is 0.320. The van der Waals surface area contributed by atoms with Crippen molar-refractivity contribution < 1.29 is 9.29 Å². The summed E-state index contributed by atoms with van der Waals surface area (Å²) < 4.78 is 25.4. The summed E-state index contributed by atoms with van der Waals surface area (Å²) in [5.74, 6) is 0.818.